The van der Waals surface area contributed by atoms with Gasteiger partial charge in [-0.2, -0.15) is 0 Å². The van der Waals surface area contributed by atoms with E-state index in [1.165, 1.54) is 26.2 Å². The molecule has 0 amide bonds. The number of aromatic hydroxyl groups is 1. The van der Waals surface area contributed by atoms with Crippen molar-refractivity contribution < 1.29 is 19.3 Å². The van der Waals surface area contributed by atoms with Crippen LogP contribution in [0.2, 0.25) is 0 Å². The second-order valence-corrected chi connectivity index (χ2v) is 3.16. The highest BCUT2D eigenvalue weighted by atomic mass is 19.1. The van der Waals surface area contributed by atoms with Crippen LogP contribution >= 0.6 is 0 Å². The van der Waals surface area contributed by atoms with Crippen molar-refractivity contribution >= 4 is 0 Å². The van der Waals surface area contributed by atoms with Crippen molar-refractivity contribution in [2.75, 3.05) is 7.11 Å². The molecular formula is C10H13FO3. The maximum Gasteiger partial charge on any atom is 0.133 e. The predicted octanol–water partition coefficient (Wildman–Crippen LogP) is 1.46. The number of halogens is 1. The normalized spacial score (nSPS) is 12.6. The smallest absolute Gasteiger partial charge is 0.133 e. The number of aliphatic hydroxyl groups is 1. The first kappa shape index (κ1) is 10.8. The summed E-state index contributed by atoms with van der Waals surface area (Å²) in [6.07, 6.45) is -0.606. The molecule has 2 N–H and O–H groups in total. The topological polar surface area (TPSA) is 49.7 Å². The molecule has 0 fully saturated rings. The second-order valence-electron chi connectivity index (χ2n) is 3.16. The summed E-state index contributed by atoms with van der Waals surface area (Å²) in [6.45, 7) is 1.53. The van der Waals surface area contributed by atoms with Gasteiger partial charge in [0.05, 0.1) is 13.2 Å². The van der Waals surface area contributed by atoms with Crippen LogP contribution in [0.1, 0.15) is 12.5 Å². The molecule has 0 saturated heterocycles. The van der Waals surface area contributed by atoms with E-state index < -0.39 is 11.9 Å². The number of hydrogen-bond acceptors (Lipinski definition) is 3. The molecule has 78 valence electrons. The van der Waals surface area contributed by atoms with Crippen molar-refractivity contribution in [2.45, 2.75) is 19.4 Å². The minimum absolute atomic E-state index is 0.0850. The molecule has 1 aromatic carbocycles. The lowest BCUT2D eigenvalue weighted by Crippen LogP contribution is -2.06. The van der Waals surface area contributed by atoms with Crippen LogP contribution in [0.5, 0.6) is 11.5 Å². The second kappa shape index (κ2) is 4.28. The average molecular weight is 200 g/mol. The molecule has 1 unspecified atom stereocenters. The summed E-state index contributed by atoms with van der Waals surface area (Å²) in [5.74, 6) is -0.500. The number of ether oxygens (including phenoxy) is 1. The molecule has 3 nitrogen and oxygen atoms in total. The quantitative estimate of drug-likeness (QED) is 0.776. The number of benzene rings is 1. The fourth-order valence-corrected chi connectivity index (χ4v) is 1.21. The Labute approximate surface area is 81.8 Å². The Balaban J connectivity index is 3.05. The van der Waals surface area contributed by atoms with Gasteiger partial charge in [-0.15, -0.1) is 0 Å². The van der Waals surface area contributed by atoms with E-state index in [1.807, 2.05) is 0 Å². The van der Waals surface area contributed by atoms with E-state index in [1.54, 1.807) is 0 Å². The van der Waals surface area contributed by atoms with Gasteiger partial charge in [-0.1, -0.05) is 0 Å². The van der Waals surface area contributed by atoms with E-state index in [2.05, 4.69) is 0 Å². The summed E-state index contributed by atoms with van der Waals surface area (Å²) in [4.78, 5) is 0. The third kappa shape index (κ3) is 2.35. The highest BCUT2D eigenvalue weighted by Crippen LogP contribution is 2.27. The largest absolute Gasteiger partial charge is 0.507 e. The third-order valence-corrected chi connectivity index (χ3v) is 1.88. The summed E-state index contributed by atoms with van der Waals surface area (Å²) in [5.41, 5.74) is 0.112. The van der Waals surface area contributed by atoms with Crippen molar-refractivity contribution in [3.63, 3.8) is 0 Å². The first-order chi connectivity index (χ1) is 6.54. The maximum absolute atomic E-state index is 13.3. The SMILES string of the molecule is COc1cc(O)c(CC(C)O)c(F)c1. The molecule has 0 aromatic heterocycles. The Morgan fingerprint density at radius 3 is 2.57 bits per heavy atom. The maximum atomic E-state index is 13.3. The summed E-state index contributed by atoms with van der Waals surface area (Å²) < 4.78 is 18.1. The average Bonchev–Trinajstić information content (AvgIpc) is 2.10. The van der Waals surface area contributed by atoms with Crippen molar-refractivity contribution in [1.29, 1.82) is 0 Å². The fraction of sp³-hybridized carbons (Fsp3) is 0.400. The van der Waals surface area contributed by atoms with Crippen LogP contribution in [0.25, 0.3) is 0 Å². The number of hydrogen-bond donors (Lipinski definition) is 2. The molecule has 1 rings (SSSR count). The number of rotatable bonds is 3. The third-order valence-electron chi connectivity index (χ3n) is 1.88. The Hall–Kier alpha value is -1.29. The van der Waals surface area contributed by atoms with Gasteiger partial charge in [-0.05, 0) is 6.92 Å². The molecule has 1 aromatic rings. The van der Waals surface area contributed by atoms with Crippen LogP contribution in [0.4, 0.5) is 4.39 Å². The summed E-state index contributed by atoms with van der Waals surface area (Å²) in [6, 6.07) is 2.50. The van der Waals surface area contributed by atoms with E-state index in [9.17, 15) is 9.50 Å². The Morgan fingerprint density at radius 1 is 1.50 bits per heavy atom. The molecular weight excluding hydrogens is 187 g/mol. The van der Waals surface area contributed by atoms with E-state index in [-0.39, 0.29) is 23.5 Å². The lowest BCUT2D eigenvalue weighted by Gasteiger charge is -2.09. The molecule has 0 spiro atoms. The van der Waals surface area contributed by atoms with Gasteiger partial charge in [0.2, 0.25) is 0 Å². The van der Waals surface area contributed by atoms with Gasteiger partial charge in [0.1, 0.15) is 17.3 Å². The highest BCUT2D eigenvalue weighted by Gasteiger charge is 2.12. The standard InChI is InChI=1S/C10H13FO3/c1-6(12)3-8-9(11)4-7(14-2)5-10(8)13/h4-6,12-13H,3H2,1-2H3. The minimum atomic E-state index is -0.691. The Kier molecular flexibility index (Phi) is 3.30. The first-order valence-electron chi connectivity index (χ1n) is 4.28. The number of phenolic OH excluding ortho intramolecular Hbond substituents is 1. The van der Waals surface area contributed by atoms with Crippen LogP contribution in [0.3, 0.4) is 0 Å². The Morgan fingerprint density at radius 2 is 2.14 bits per heavy atom. The van der Waals surface area contributed by atoms with Crippen LogP contribution in [0, 0.1) is 5.82 Å². The lowest BCUT2D eigenvalue weighted by atomic mass is 10.1. The molecule has 14 heavy (non-hydrogen) atoms. The molecule has 0 bridgehead atoms. The zero-order chi connectivity index (χ0) is 10.7. The molecule has 4 heteroatoms. The fourth-order valence-electron chi connectivity index (χ4n) is 1.21. The van der Waals surface area contributed by atoms with Gasteiger partial charge in [0.25, 0.3) is 0 Å². The van der Waals surface area contributed by atoms with E-state index >= 15 is 0 Å². The van der Waals surface area contributed by atoms with Gasteiger partial charge in [-0.3, -0.25) is 0 Å². The van der Waals surface area contributed by atoms with Crippen LogP contribution in [-0.2, 0) is 6.42 Å². The van der Waals surface area contributed by atoms with Gasteiger partial charge < -0.3 is 14.9 Å². The highest BCUT2D eigenvalue weighted by molar-refractivity contribution is 5.41. The van der Waals surface area contributed by atoms with Gasteiger partial charge in [0.15, 0.2) is 0 Å². The van der Waals surface area contributed by atoms with Crippen LogP contribution in [-0.4, -0.2) is 23.4 Å². The summed E-state index contributed by atoms with van der Waals surface area (Å²) >= 11 is 0. The zero-order valence-corrected chi connectivity index (χ0v) is 8.12. The number of methoxy groups -OCH3 is 1. The first-order valence-corrected chi connectivity index (χ1v) is 4.28. The molecule has 0 radical (unpaired) electrons. The molecule has 0 saturated carbocycles. The van der Waals surface area contributed by atoms with Crippen LogP contribution in [0.15, 0.2) is 12.1 Å². The zero-order valence-electron chi connectivity index (χ0n) is 8.12. The number of aliphatic hydroxyl groups excluding tert-OH is 1. The minimum Gasteiger partial charge on any atom is -0.507 e. The molecule has 0 aliphatic heterocycles. The molecule has 0 heterocycles. The van der Waals surface area contributed by atoms with Gasteiger partial charge in [-0.25, -0.2) is 4.39 Å². The van der Waals surface area contributed by atoms with Crippen LogP contribution < -0.4 is 4.74 Å². The number of phenols is 1. The lowest BCUT2D eigenvalue weighted by molar-refractivity contribution is 0.192. The molecule has 0 aliphatic carbocycles. The summed E-state index contributed by atoms with van der Waals surface area (Å²) in [7, 11) is 1.39. The van der Waals surface area contributed by atoms with Crippen molar-refractivity contribution in [1.82, 2.24) is 0 Å². The Bertz CT molecular complexity index is 300. The molecule has 1 atom stereocenters. The van der Waals surface area contributed by atoms with E-state index in [0.717, 1.165) is 0 Å². The van der Waals surface area contributed by atoms with E-state index in [4.69, 9.17) is 9.84 Å². The predicted molar refractivity (Wildman–Crippen MR) is 50.0 cm³/mol. The summed E-state index contributed by atoms with van der Waals surface area (Å²) in [5, 5.41) is 18.5. The van der Waals surface area contributed by atoms with Crippen molar-refractivity contribution in [3.05, 3.63) is 23.5 Å². The van der Waals surface area contributed by atoms with Gasteiger partial charge >= 0.3 is 0 Å². The monoisotopic (exact) mass is 200 g/mol. The van der Waals surface area contributed by atoms with Crippen molar-refractivity contribution in [3.8, 4) is 11.5 Å². The van der Waals surface area contributed by atoms with Gasteiger partial charge in [0, 0.05) is 24.1 Å². The van der Waals surface area contributed by atoms with Crippen molar-refractivity contribution in [2.24, 2.45) is 0 Å². The molecule has 0 aliphatic rings. The van der Waals surface area contributed by atoms with E-state index in [0.29, 0.717) is 0 Å².